The first-order valence-corrected chi connectivity index (χ1v) is 6.30. The zero-order valence-electron chi connectivity index (χ0n) is 12.0. The first-order valence-electron chi connectivity index (χ1n) is 6.30. The Morgan fingerprint density at radius 3 is 2.48 bits per heavy atom. The summed E-state index contributed by atoms with van der Waals surface area (Å²) in [4.78, 5) is 31.3. The Bertz CT molecular complexity index is 674. The van der Waals surface area contributed by atoms with Crippen LogP contribution in [-0.2, 0) is 12.5 Å². The van der Waals surface area contributed by atoms with E-state index in [-0.39, 0.29) is 11.5 Å². The number of ketones is 1. The lowest BCUT2D eigenvalue weighted by Gasteiger charge is -2.20. The van der Waals surface area contributed by atoms with Crippen molar-refractivity contribution in [2.75, 3.05) is 5.32 Å². The molecule has 0 aliphatic heterocycles. The first kappa shape index (κ1) is 14.7. The number of anilines is 1. The van der Waals surface area contributed by atoms with Crippen LogP contribution in [0, 0.1) is 0 Å². The average Bonchev–Trinajstić information content (AvgIpc) is 2.85. The highest BCUT2D eigenvalue weighted by Crippen LogP contribution is 2.25. The standard InChI is InChI=1S/C14H16N4O3/c1-14(2,11-7-18(3)8-16-11)12(19)10-5-4-9(6-15-10)17-13(20)21/h4-8,17H,1-3H3,(H,20,21). The lowest BCUT2D eigenvalue weighted by molar-refractivity contribution is 0.0901. The number of carboxylic acid groups (broad SMARTS) is 1. The number of amides is 1. The molecule has 2 N–H and O–H groups in total. The fourth-order valence-electron chi connectivity index (χ4n) is 1.90. The number of aromatic nitrogens is 3. The Morgan fingerprint density at radius 1 is 1.29 bits per heavy atom. The van der Waals surface area contributed by atoms with E-state index in [2.05, 4.69) is 15.3 Å². The van der Waals surface area contributed by atoms with E-state index in [0.717, 1.165) is 0 Å². The maximum absolute atomic E-state index is 12.6. The summed E-state index contributed by atoms with van der Waals surface area (Å²) in [7, 11) is 1.83. The largest absolute Gasteiger partial charge is 0.465 e. The van der Waals surface area contributed by atoms with Crippen molar-refractivity contribution in [2.24, 2.45) is 7.05 Å². The van der Waals surface area contributed by atoms with E-state index in [1.54, 1.807) is 30.9 Å². The number of carbonyl (C=O) groups is 2. The van der Waals surface area contributed by atoms with Gasteiger partial charge in [0.2, 0.25) is 0 Å². The fourth-order valence-corrected chi connectivity index (χ4v) is 1.90. The Labute approximate surface area is 121 Å². The molecule has 2 heterocycles. The van der Waals surface area contributed by atoms with Crippen LogP contribution >= 0.6 is 0 Å². The van der Waals surface area contributed by atoms with E-state index in [4.69, 9.17) is 5.11 Å². The van der Waals surface area contributed by atoms with E-state index in [1.807, 2.05) is 7.05 Å². The quantitative estimate of drug-likeness (QED) is 0.839. The molecule has 0 unspecified atom stereocenters. The normalized spacial score (nSPS) is 11.2. The number of rotatable bonds is 4. The molecule has 0 aromatic carbocycles. The molecule has 21 heavy (non-hydrogen) atoms. The summed E-state index contributed by atoms with van der Waals surface area (Å²) in [5, 5.41) is 10.8. The van der Waals surface area contributed by atoms with Crippen molar-refractivity contribution >= 4 is 17.6 Å². The van der Waals surface area contributed by atoms with E-state index < -0.39 is 11.5 Å². The molecule has 2 aromatic rings. The van der Waals surface area contributed by atoms with Gasteiger partial charge in [0, 0.05) is 13.2 Å². The molecule has 0 atom stereocenters. The Kier molecular flexibility index (Phi) is 3.75. The third kappa shape index (κ3) is 3.07. The molecule has 0 radical (unpaired) electrons. The number of nitrogens with zero attached hydrogens (tertiary/aromatic N) is 3. The van der Waals surface area contributed by atoms with Crippen LogP contribution in [0.3, 0.4) is 0 Å². The van der Waals surface area contributed by atoms with Crippen LogP contribution in [0.5, 0.6) is 0 Å². The molecule has 0 aliphatic rings. The number of nitrogens with one attached hydrogen (secondary N) is 1. The van der Waals surface area contributed by atoms with Crippen LogP contribution in [0.2, 0.25) is 0 Å². The van der Waals surface area contributed by atoms with Crippen LogP contribution in [0.1, 0.15) is 30.0 Å². The molecule has 7 heteroatoms. The number of Topliss-reactive ketones (excluding diaryl/α,β-unsaturated/α-hetero) is 1. The van der Waals surface area contributed by atoms with Gasteiger partial charge in [-0.15, -0.1) is 0 Å². The van der Waals surface area contributed by atoms with E-state index in [0.29, 0.717) is 11.4 Å². The predicted octanol–water partition coefficient (Wildman–Crippen LogP) is 2.07. The minimum Gasteiger partial charge on any atom is -0.465 e. The SMILES string of the molecule is Cn1cnc(C(C)(C)C(=O)c2ccc(NC(=O)O)cn2)c1. The number of imidazole rings is 1. The number of hydrogen-bond acceptors (Lipinski definition) is 4. The summed E-state index contributed by atoms with van der Waals surface area (Å²) < 4.78 is 1.78. The van der Waals surface area contributed by atoms with Crippen molar-refractivity contribution in [3.8, 4) is 0 Å². The molecule has 2 rings (SSSR count). The summed E-state index contributed by atoms with van der Waals surface area (Å²) in [6.07, 6.45) is 3.57. The van der Waals surface area contributed by atoms with Gasteiger partial charge >= 0.3 is 6.09 Å². The number of pyridine rings is 1. The van der Waals surface area contributed by atoms with E-state index in [1.165, 1.54) is 18.3 Å². The van der Waals surface area contributed by atoms with Crippen molar-refractivity contribution in [1.29, 1.82) is 0 Å². The highest BCUT2D eigenvalue weighted by atomic mass is 16.4. The summed E-state index contributed by atoms with van der Waals surface area (Å²) >= 11 is 0. The topological polar surface area (TPSA) is 97.1 Å². The number of aryl methyl sites for hydroxylation is 1. The molecule has 0 saturated carbocycles. The average molecular weight is 288 g/mol. The van der Waals surface area contributed by atoms with E-state index in [9.17, 15) is 9.59 Å². The van der Waals surface area contributed by atoms with Gasteiger partial charge in [-0.2, -0.15) is 0 Å². The molecule has 110 valence electrons. The third-order valence-corrected chi connectivity index (χ3v) is 3.16. The van der Waals surface area contributed by atoms with Gasteiger partial charge in [0.15, 0.2) is 5.78 Å². The van der Waals surface area contributed by atoms with Crippen molar-refractivity contribution < 1.29 is 14.7 Å². The summed E-state index contributed by atoms with van der Waals surface area (Å²) in [6.45, 7) is 3.56. The van der Waals surface area contributed by atoms with Gasteiger partial charge in [-0.3, -0.25) is 15.1 Å². The summed E-state index contributed by atoms with van der Waals surface area (Å²) in [6, 6.07) is 3.00. The lowest BCUT2D eigenvalue weighted by Crippen LogP contribution is -2.30. The molecular weight excluding hydrogens is 272 g/mol. The smallest absolute Gasteiger partial charge is 0.409 e. The maximum Gasteiger partial charge on any atom is 0.409 e. The number of hydrogen-bond donors (Lipinski definition) is 2. The van der Waals surface area contributed by atoms with E-state index >= 15 is 0 Å². The van der Waals surface area contributed by atoms with Gasteiger partial charge in [-0.25, -0.2) is 9.78 Å². The predicted molar refractivity (Wildman–Crippen MR) is 76.4 cm³/mol. The lowest BCUT2D eigenvalue weighted by atomic mass is 9.83. The molecule has 0 fully saturated rings. The van der Waals surface area contributed by atoms with Gasteiger partial charge < -0.3 is 9.67 Å². The van der Waals surface area contributed by atoms with Crippen molar-refractivity contribution in [2.45, 2.75) is 19.3 Å². The van der Waals surface area contributed by atoms with Crippen LogP contribution in [-0.4, -0.2) is 31.5 Å². The minimum atomic E-state index is -1.18. The fraction of sp³-hybridized carbons (Fsp3) is 0.286. The highest BCUT2D eigenvalue weighted by molar-refractivity contribution is 6.02. The van der Waals surface area contributed by atoms with Crippen molar-refractivity contribution in [3.63, 3.8) is 0 Å². The maximum atomic E-state index is 12.6. The van der Waals surface area contributed by atoms with Crippen LogP contribution in [0.4, 0.5) is 10.5 Å². The van der Waals surface area contributed by atoms with Gasteiger partial charge in [0.05, 0.1) is 29.3 Å². The molecule has 0 bridgehead atoms. The zero-order valence-corrected chi connectivity index (χ0v) is 12.0. The Balaban J connectivity index is 2.25. The third-order valence-electron chi connectivity index (χ3n) is 3.16. The minimum absolute atomic E-state index is 0.178. The zero-order chi connectivity index (χ0) is 15.6. The molecule has 7 nitrogen and oxygen atoms in total. The molecule has 0 spiro atoms. The van der Waals surface area contributed by atoms with Gasteiger partial charge in [-0.05, 0) is 26.0 Å². The summed E-state index contributed by atoms with van der Waals surface area (Å²) in [5.41, 5.74) is 0.427. The van der Waals surface area contributed by atoms with Crippen molar-refractivity contribution in [1.82, 2.24) is 14.5 Å². The molecule has 1 amide bonds. The summed E-state index contributed by atoms with van der Waals surface area (Å²) in [5.74, 6) is -0.178. The monoisotopic (exact) mass is 288 g/mol. The van der Waals surface area contributed by atoms with Gasteiger partial charge in [0.1, 0.15) is 5.69 Å². The Morgan fingerprint density at radius 2 is 2.00 bits per heavy atom. The van der Waals surface area contributed by atoms with Crippen LogP contribution in [0.25, 0.3) is 0 Å². The second-order valence-electron chi connectivity index (χ2n) is 5.24. The Hall–Kier alpha value is -2.70. The molecule has 0 aliphatic carbocycles. The van der Waals surface area contributed by atoms with Crippen LogP contribution in [0.15, 0.2) is 30.9 Å². The van der Waals surface area contributed by atoms with Crippen LogP contribution < -0.4 is 5.32 Å². The van der Waals surface area contributed by atoms with Crippen molar-refractivity contribution in [3.05, 3.63) is 42.2 Å². The second kappa shape index (κ2) is 5.35. The van der Waals surface area contributed by atoms with Gasteiger partial charge in [-0.1, -0.05) is 0 Å². The number of carbonyl (C=O) groups excluding carboxylic acids is 1. The highest BCUT2D eigenvalue weighted by Gasteiger charge is 2.33. The molecular formula is C14H16N4O3. The molecule has 2 aromatic heterocycles. The second-order valence-corrected chi connectivity index (χ2v) is 5.24. The first-order chi connectivity index (χ1) is 9.80. The molecule has 0 saturated heterocycles. The van der Waals surface area contributed by atoms with Gasteiger partial charge in [0.25, 0.3) is 0 Å².